The first kappa shape index (κ1) is 17.1. The molecular formula is C19H16ClN5O2. The Hall–Kier alpha value is -3.32. The monoisotopic (exact) mass is 381 g/mol. The number of anilines is 3. The van der Waals surface area contributed by atoms with Crippen molar-refractivity contribution < 1.29 is 9.90 Å². The standard InChI is InChI=1S/C19H16ClN5O2/c1-21-19-22-9-14-13-6-5-10(18(26)27)7-15(13)24-17(16(14)25-19)23-12-4-2-3-11(20)8-12/h2-9,17,23-24H,1H3,(H,26,27)(H,21,22,25). The first-order valence-corrected chi connectivity index (χ1v) is 8.64. The molecule has 0 fully saturated rings. The van der Waals surface area contributed by atoms with Gasteiger partial charge in [0.25, 0.3) is 0 Å². The third-order valence-electron chi connectivity index (χ3n) is 4.31. The van der Waals surface area contributed by atoms with Gasteiger partial charge in [-0.3, -0.25) is 0 Å². The number of carboxylic acid groups (broad SMARTS) is 1. The summed E-state index contributed by atoms with van der Waals surface area (Å²) in [6.07, 6.45) is 1.35. The molecule has 0 radical (unpaired) electrons. The highest BCUT2D eigenvalue weighted by molar-refractivity contribution is 6.30. The van der Waals surface area contributed by atoms with Crippen molar-refractivity contribution in [3.8, 4) is 11.1 Å². The Labute approximate surface area is 160 Å². The van der Waals surface area contributed by atoms with Gasteiger partial charge in [-0.25, -0.2) is 14.8 Å². The summed E-state index contributed by atoms with van der Waals surface area (Å²) in [5, 5.41) is 19.5. The predicted octanol–water partition coefficient (Wildman–Crippen LogP) is 4.07. The number of benzene rings is 2. The molecular weight excluding hydrogens is 366 g/mol. The van der Waals surface area contributed by atoms with Crippen molar-refractivity contribution in [3.05, 3.63) is 64.9 Å². The number of aromatic carboxylic acids is 1. The number of rotatable bonds is 4. The fourth-order valence-corrected chi connectivity index (χ4v) is 3.24. The minimum atomic E-state index is -0.980. The van der Waals surface area contributed by atoms with Gasteiger partial charge in [0.2, 0.25) is 5.95 Å². The van der Waals surface area contributed by atoms with Crippen molar-refractivity contribution in [2.45, 2.75) is 6.17 Å². The Balaban J connectivity index is 1.81. The minimum Gasteiger partial charge on any atom is -0.478 e. The molecule has 7 nitrogen and oxygen atoms in total. The number of nitrogens with one attached hydrogen (secondary N) is 3. The van der Waals surface area contributed by atoms with Crippen LogP contribution in [0.25, 0.3) is 11.1 Å². The largest absolute Gasteiger partial charge is 0.478 e. The maximum atomic E-state index is 11.3. The van der Waals surface area contributed by atoms with Crippen molar-refractivity contribution in [1.29, 1.82) is 0 Å². The zero-order chi connectivity index (χ0) is 19.0. The second-order valence-electron chi connectivity index (χ2n) is 6.04. The molecule has 2 heterocycles. The van der Waals surface area contributed by atoms with E-state index in [1.165, 1.54) is 0 Å². The van der Waals surface area contributed by atoms with Gasteiger partial charge in [0, 0.05) is 40.8 Å². The quantitative estimate of drug-likeness (QED) is 0.540. The Morgan fingerprint density at radius 1 is 1.22 bits per heavy atom. The zero-order valence-electron chi connectivity index (χ0n) is 14.3. The molecule has 0 amide bonds. The highest BCUT2D eigenvalue weighted by Crippen LogP contribution is 2.40. The van der Waals surface area contributed by atoms with E-state index in [0.717, 1.165) is 22.5 Å². The van der Waals surface area contributed by atoms with Crippen LogP contribution in [0.5, 0.6) is 0 Å². The minimum absolute atomic E-state index is 0.207. The molecule has 136 valence electrons. The molecule has 27 heavy (non-hydrogen) atoms. The van der Waals surface area contributed by atoms with E-state index in [1.807, 2.05) is 18.2 Å². The smallest absolute Gasteiger partial charge is 0.335 e. The molecule has 3 aromatic rings. The lowest BCUT2D eigenvalue weighted by atomic mass is 9.96. The number of halogens is 1. The molecule has 0 bridgehead atoms. The number of nitrogens with zero attached hydrogens (tertiary/aromatic N) is 2. The molecule has 8 heteroatoms. The molecule has 4 N–H and O–H groups in total. The molecule has 1 aromatic heterocycles. The highest BCUT2D eigenvalue weighted by atomic mass is 35.5. The molecule has 0 aliphatic carbocycles. The average Bonchev–Trinajstić information content (AvgIpc) is 2.67. The van der Waals surface area contributed by atoms with Crippen LogP contribution in [-0.4, -0.2) is 28.1 Å². The van der Waals surface area contributed by atoms with Crippen LogP contribution in [0, 0.1) is 0 Å². The number of aromatic nitrogens is 2. The molecule has 0 saturated heterocycles. The van der Waals surface area contributed by atoms with Crippen LogP contribution in [0.1, 0.15) is 22.2 Å². The van der Waals surface area contributed by atoms with E-state index in [-0.39, 0.29) is 11.7 Å². The molecule has 1 unspecified atom stereocenters. The van der Waals surface area contributed by atoms with E-state index in [9.17, 15) is 9.90 Å². The van der Waals surface area contributed by atoms with E-state index in [4.69, 9.17) is 11.6 Å². The van der Waals surface area contributed by atoms with Crippen molar-refractivity contribution >= 4 is 34.9 Å². The van der Waals surface area contributed by atoms with Crippen LogP contribution < -0.4 is 16.0 Å². The van der Waals surface area contributed by atoms with Crippen LogP contribution in [0.2, 0.25) is 5.02 Å². The lowest BCUT2D eigenvalue weighted by molar-refractivity contribution is 0.0697. The van der Waals surface area contributed by atoms with Gasteiger partial charge in [0.05, 0.1) is 11.3 Å². The normalized spacial score (nSPS) is 14.5. The topological polar surface area (TPSA) is 99.2 Å². The fourth-order valence-electron chi connectivity index (χ4n) is 3.05. The van der Waals surface area contributed by atoms with E-state index in [1.54, 1.807) is 37.5 Å². The van der Waals surface area contributed by atoms with Gasteiger partial charge < -0.3 is 21.1 Å². The zero-order valence-corrected chi connectivity index (χ0v) is 15.1. The Bertz CT molecular complexity index is 1040. The molecule has 2 aromatic carbocycles. The number of carbonyl (C=O) groups is 1. The van der Waals surface area contributed by atoms with E-state index in [2.05, 4.69) is 25.9 Å². The van der Waals surface area contributed by atoms with Crippen LogP contribution in [-0.2, 0) is 0 Å². The Kier molecular flexibility index (Phi) is 4.29. The van der Waals surface area contributed by atoms with Gasteiger partial charge in [-0.15, -0.1) is 0 Å². The van der Waals surface area contributed by atoms with Crippen molar-refractivity contribution in [2.75, 3.05) is 23.0 Å². The number of hydrogen-bond donors (Lipinski definition) is 4. The summed E-state index contributed by atoms with van der Waals surface area (Å²) in [7, 11) is 1.75. The van der Waals surface area contributed by atoms with Gasteiger partial charge in [-0.1, -0.05) is 23.7 Å². The maximum Gasteiger partial charge on any atom is 0.335 e. The summed E-state index contributed by atoms with van der Waals surface area (Å²) in [5.74, 6) is -0.481. The van der Waals surface area contributed by atoms with Crippen molar-refractivity contribution in [1.82, 2.24) is 9.97 Å². The van der Waals surface area contributed by atoms with Crippen LogP contribution >= 0.6 is 11.6 Å². The van der Waals surface area contributed by atoms with E-state index >= 15 is 0 Å². The molecule has 4 rings (SSSR count). The van der Waals surface area contributed by atoms with Crippen molar-refractivity contribution in [3.63, 3.8) is 0 Å². The molecule has 0 spiro atoms. The van der Waals surface area contributed by atoms with Crippen LogP contribution in [0.4, 0.5) is 17.3 Å². The van der Waals surface area contributed by atoms with Gasteiger partial charge in [-0.05, 0) is 30.3 Å². The van der Waals surface area contributed by atoms with Gasteiger partial charge >= 0.3 is 5.97 Å². The van der Waals surface area contributed by atoms with Crippen LogP contribution in [0.15, 0.2) is 48.7 Å². The lowest BCUT2D eigenvalue weighted by Gasteiger charge is -2.30. The van der Waals surface area contributed by atoms with Crippen molar-refractivity contribution in [2.24, 2.45) is 0 Å². The van der Waals surface area contributed by atoms with Gasteiger partial charge in [0.1, 0.15) is 6.17 Å². The number of carboxylic acids is 1. The third-order valence-corrected chi connectivity index (χ3v) is 4.54. The SMILES string of the molecule is CNc1ncc2c(n1)C(Nc1cccc(Cl)c1)Nc1cc(C(=O)O)ccc1-2. The first-order valence-electron chi connectivity index (χ1n) is 8.26. The summed E-state index contributed by atoms with van der Waals surface area (Å²) in [4.78, 5) is 20.2. The molecule has 1 aliphatic rings. The van der Waals surface area contributed by atoms with Crippen LogP contribution in [0.3, 0.4) is 0 Å². The summed E-state index contributed by atoms with van der Waals surface area (Å²) in [5.41, 5.74) is 4.15. The third kappa shape index (κ3) is 3.24. The predicted molar refractivity (Wildman–Crippen MR) is 105 cm³/mol. The molecule has 1 atom stereocenters. The van der Waals surface area contributed by atoms with E-state index < -0.39 is 5.97 Å². The number of hydrogen-bond acceptors (Lipinski definition) is 6. The van der Waals surface area contributed by atoms with Gasteiger partial charge in [-0.2, -0.15) is 0 Å². The summed E-state index contributed by atoms with van der Waals surface area (Å²) >= 11 is 6.09. The summed E-state index contributed by atoms with van der Waals surface area (Å²) < 4.78 is 0. The Morgan fingerprint density at radius 2 is 2.07 bits per heavy atom. The molecule has 0 saturated carbocycles. The lowest BCUT2D eigenvalue weighted by Crippen LogP contribution is -2.26. The second kappa shape index (κ2) is 6.77. The Morgan fingerprint density at radius 3 is 2.81 bits per heavy atom. The summed E-state index contributed by atoms with van der Waals surface area (Å²) in [6, 6.07) is 12.3. The second-order valence-corrected chi connectivity index (χ2v) is 6.48. The fraction of sp³-hybridized carbons (Fsp3) is 0.105. The average molecular weight is 382 g/mol. The maximum absolute atomic E-state index is 11.3. The van der Waals surface area contributed by atoms with E-state index in [0.29, 0.717) is 16.7 Å². The summed E-state index contributed by atoms with van der Waals surface area (Å²) in [6.45, 7) is 0. The number of fused-ring (bicyclic) bond motifs is 3. The first-order chi connectivity index (χ1) is 13.0. The van der Waals surface area contributed by atoms with Gasteiger partial charge in [0.15, 0.2) is 0 Å². The highest BCUT2D eigenvalue weighted by Gasteiger charge is 2.27. The molecule has 1 aliphatic heterocycles.